The number of carbonyl (C=O) groups excluding carboxylic acids is 3. The van der Waals surface area contributed by atoms with Gasteiger partial charge in [-0.1, -0.05) is 45.8 Å². The molecule has 0 radical (unpaired) electrons. The number of hydrogen-bond acceptors (Lipinski definition) is 6. The second-order valence-corrected chi connectivity index (χ2v) is 13.9. The highest BCUT2D eigenvalue weighted by atomic mass is 16.6. The van der Waals surface area contributed by atoms with E-state index in [9.17, 15) is 19.5 Å². The van der Waals surface area contributed by atoms with E-state index in [0.717, 1.165) is 19.3 Å². The summed E-state index contributed by atoms with van der Waals surface area (Å²) in [5.41, 5.74) is -2.47. The smallest absolute Gasteiger partial charge is 0.312 e. The Morgan fingerprint density at radius 1 is 1.12 bits per heavy atom. The van der Waals surface area contributed by atoms with Crippen LogP contribution < -0.4 is 0 Å². The summed E-state index contributed by atoms with van der Waals surface area (Å²) in [6, 6.07) is -0.824. The Morgan fingerprint density at radius 3 is 2.40 bits per heavy atom. The first-order valence-electron chi connectivity index (χ1n) is 15.0. The van der Waals surface area contributed by atoms with E-state index in [-0.39, 0.29) is 30.4 Å². The zero-order valence-corrected chi connectivity index (χ0v) is 25.7. The Balaban J connectivity index is 2.02. The fourth-order valence-electron chi connectivity index (χ4n) is 7.69. The molecule has 40 heavy (non-hydrogen) atoms. The largest absolute Gasteiger partial charge is 0.465 e. The maximum atomic E-state index is 14.7. The van der Waals surface area contributed by atoms with Gasteiger partial charge in [0, 0.05) is 25.2 Å². The molecule has 3 rings (SSSR count). The van der Waals surface area contributed by atoms with Crippen LogP contribution in [0, 0.1) is 17.3 Å². The standard InChI is InChI=1S/C32H52N2O6/c1-9-11-21-39-28(38)24-23-26(36)33(19-14-12-13-15-20-35)25(32(23)17-16-31(24,8)40-32)27(37)34(18-10-2)30(6,7)22-29(3,4)5/h9-10,23-25,35H,1-2,11-22H2,3-8H3/t23-,24-,25?,31+,32?/m0/s1. The Kier molecular flexibility index (Phi) is 9.99. The van der Waals surface area contributed by atoms with E-state index in [0.29, 0.717) is 45.2 Å². The van der Waals surface area contributed by atoms with E-state index in [1.54, 1.807) is 17.1 Å². The summed E-state index contributed by atoms with van der Waals surface area (Å²) < 4.78 is 12.3. The van der Waals surface area contributed by atoms with Crippen LogP contribution in [0.25, 0.3) is 0 Å². The molecule has 0 aromatic rings. The van der Waals surface area contributed by atoms with Gasteiger partial charge in [-0.15, -0.1) is 13.2 Å². The van der Waals surface area contributed by atoms with E-state index in [1.807, 2.05) is 11.8 Å². The normalized spacial score (nSPS) is 29.4. The zero-order valence-electron chi connectivity index (χ0n) is 25.7. The van der Waals surface area contributed by atoms with Crippen molar-refractivity contribution in [3.8, 4) is 0 Å². The number of amides is 2. The molecule has 0 aromatic heterocycles. The topological polar surface area (TPSA) is 96.4 Å². The first-order chi connectivity index (χ1) is 18.7. The number of rotatable bonds is 15. The first kappa shape index (κ1) is 32.3. The van der Waals surface area contributed by atoms with Crippen LogP contribution in [0.15, 0.2) is 25.3 Å². The molecule has 1 spiro atoms. The van der Waals surface area contributed by atoms with Crippen molar-refractivity contribution in [1.29, 1.82) is 0 Å². The van der Waals surface area contributed by atoms with Crippen molar-refractivity contribution >= 4 is 17.8 Å². The van der Waals surface area contributed by atoms with Gasteiger partial charge in [-0.05, 0) is 64.7 Å². The van der Waals surface area contributed by atoms with Crippen molar-refractivity contribution in [2.45, 2.75) is 116 Å². The lowest BCUT2D eigenvalue weighted by Gasteiger charge is -2.45. The van der Waals surface area contributed by atoms with Crippen LogP contribution in [-0.2, 0) is 23.9 Å². The second-order valence-electron chi connectivity index (χ2n) is 13.9. The van der Waals surface area contributed by atoms with Crippen molar-refractivity contribution in [1.82, 2.24) is 9.80 Å². The Morgan fingerprint density at radius 2 is 1.80 bits per heavy atom. The SMILES string of the molecule is C=CCCOC(=O)[C@@H]1[C@H]2C(=O)N(CCCCCCO)C(C(=O)N(CC=C)C(C)(C)CC(C)(C)C)C23CC[C@@]1(C)O3. The number of unbranched alkanes of at least 4 members (excludes halogenated alkanes) is 3. The van der Waals surface area contributed by atoms with Gasteiger partial charge in [-0.25, -0.2) is 0 Å². The fraction of sp³-hybridized carbons (Fsp3) is 0.781. The van der Waals surface area contributed by atoms with Crippen LogP contribution in [0.2, 0.25) is 0 Å². The van der Waals surface area contributed by atoms with Crippen molar-refractivity contribution in [3.05, 3.63) is 25.3 Å². The summed E-state index contributed by atoms with van der Waals surface area (Å²) in [5, 5.41) is 9.18. The molecule has 3 saturated heterocycles. The third-order valence-corrected chi connectivity index (χ3v) is 8.91. The molecular weight excluding hydrogens is 508 g/mol. The highest BCUT2D eigenvalue weighted by Gasteiger charge is 2.78. The van der Waals surface area contributed by atoms with Gasteiger partial charge in [0.25, 0.3) is 0 Å². The molecule has 0 saturated carbocycles. The zero-order chi connectivity index (χ0) is 29.9. The molecule has 2 unspecified atom stereocenters. The number of ether oxygens (including phenoxy) is 2. The number of hydrogen-bond donors (Lipinski definition) is 1. The van der Waals surface area contributed by atoms with E-state index >= 15 is 0 Å². The van der Waals surface area contributed by atoms with Gasteiger partial charge < -0.3 is 24.4 Å². The molecule has 226 valence electrons. The van der Waals surface area contributed by atoms with Crippen LogP contribution >= 0.6 is 0 Å². The lowest BCUT2D eigenvalue weighted by Crippen LogP contribution is -2.61. The van der Waals surface area contributed by atoms with Gasteiger partial charge in [-0.3, -0.25) is 14.4 Å². The van der Waals surface area contributed by atoms with Crippen molar-refractivity contribution in [2.24, 2.45) is 17.3 Å². The van der Waals surface area contributed by atoms with Gasteiger partial charge >= 0.3 is 5.97 Å². The number of nitrogens with zero attached hydrogens (tertiary/aromatic N) is 2. The average Bonchev–Trinajstić information content (AvgIpc) is 3.41. The van der Waals surface area contributed by atoms with E-state index in [4.69, 9.17) is 9.47 Å². The van der Waals surface area contributed by atoms with Crippen LogP contribution in [-0.4, -0.2) is 81.8 Å². The summed E-state index contributed by atoms with van der Waals surface area (Å²) in [6.45, 7) is 21.2. The van der Waals surface area contributed by atoms with E-state index < -0.39 is 40.6 Å². The fourth-order valence-corrected chi connectivity index (χ4v) is 7.69. The third-order valence-electron chi connectivity index (χ3n) is 8.91. The minimum absolute atomic E-state index is 0.0298. The number of aliphatic hydroxyl groups is 1. The summed E-state index contributed by atoms with van der Waals surface area (Å²) in [4.78, 5) is 45.9. The molecule has 5 atom stereocenters. The van der Waals surface area contributed by atoms with Gasteiger partial charge in [0.15, 0.2) is 0 Å². The Hall–Kier alpha value is -2.19. The molecule has 2 bridgehead atoms. The second kappa shape index (κ2) is 12.4. The molecule has 2 amide bonds. The quantitative estimate of drug-likeness (QED) is 0.178. The molecule has 8 nitrogen and oxygen atoms in total. The van der Waals surface area contributed by atoms with Crippen molar-refractivity contribution in [2.75, 3.05) is 26.3 Å². The van der Waals surface area contributed by atoms with Gasteiger partial charge in [0.2, 0.25) is 11.8 Å². The van der Waals surface area contributed by atoms with Gasteiger partial charge in [0.05, 0.1) is 18.1 Å². The maximum absolute atomic E-state index is 14.7. The van der Waals surface area contributed by atoms with Crippen LogP contribution in [0.1, 0.15) is 92.9 Å². The molecule has 3 fully saturated rings. The summed E-state index contributed by atoms with van der Waals surface area (Å²) in [5.74, 6) is -2.29. The van der Waals surface area contributed by atoms with Gasteiger partial charge in [0.1, 0.15) is 17.6 Å². The number of carbonyl (C=O) groups is 3. The predicted octanol–water partition coefficient (Wildman–Crippen LogP) is 4.65. The average molecular weight is 561 g/mol. The molecule has 8 heteroatoms. The maximum Gasteiger partial charge on any atom is 0.312 e. The number of esters is 1. The van der Waals surface area contributed by atoms with Crippen LogP contribution in [0.4, 0.5) is 0 Å². The minimum atomic E-state index is -1.08. The number of likely N-dealkylation sites (tertiary alicyclic amines) is 1. The molecule has 3 heterocycles. The van der Waals surface area contributed by atoms with E-state index in [1.165, 1.54) is 0 Å². The molecule has 3 aliphatic rings. The highest BCUT2D eigenvalue weighted by molar-refractivity contribution is 5.98. The van der Waals surface area contributed by atoms with Gasteiger partial charge in [-0.2, -0.15) is 0 Å². The van der Waals surface area contributed by atoms with E-state index in [2.05, 4.69) is 47.8 Å². The minimum Gasteiger partial charge on any atom is -0.465 e. The van der Waals surface area contributed by atoms with Crippen LogP contribution in [0.3, 0.4) is 0 Å². The Labute approximate surface area is 241 Å². The highest BCUT2D eigenvalue weighted by Crippen LogP contribution is 2.63. The Bertz CT molecular complexity index is 971. The van der Waals surface area contributed by atoms with Crippen molar-refractivity contribution in [3.63, 3.8) is 0 Å². The molecule has 0 aliphatic carbocycles. The lowest BCUT2D eigenvalue weighted by atomic mass is 9.66. The van der Waals surface area contributed by atoms with Crippen LogP contribution in [0.5, 0.6) is 0 Å². The number of aliphatic hydroxyl groups excluding tert-OH is 1. The molecule has 3 aliphatic heterocycles. The van der Waals surface area contributed by atoms with Crippen molar-refractivity contribution < 1.29 is 29.0 Å². The third kappa shape index (κ3) is 6.18. The first-order valence-corrected chi connectivity index (χ1v) is 15.0. The molecule has 0 aromatic carbocycles. The monoisotopic (exact) mass is 560 g/mol. The summed E-state index contributed by atoms with van der Waals surface area (Å²) >= 11 is 0. The number of fused-ring (bicyclic) bond motifs is 1. The summed E-state index contributed by atoms with van der Waals surface area (Å²) in [7, 11) is 0. The predicted molar refractivity (Wildman–Crippen MR) is 155 cm³/mol. The lowest BCUT2D eigenvalue weighted by molar-refractivity contribution is -0.161. The summed E-state index contributed by atoms with van der Waals surface area (Å²) in [6.07, 6.45) is 8.92. The molecular formula is C32H52N2O6. The molecule has 1 N–H and O–H groups in total.